The summed E-state index contributed by atoms with van der Waals surface area (Å²) in [6, 6.07) is 80.4. The predicted molar refractivity (Wildman–Crippen MR) is 245 cm³/mol. The van der Waals surface area contributed by atoms with Gasteiger partial charge in [-0.05, 0) is 85.4 Å². The van der Waals surface area contributed by atoms with Gasteiger partial charge in [0.2, 0.25) is 0 Å². The number of fused-ring (bicyclic) bond motifs is 8. The van der Waals surface area contributed by atoms with E-state index in [0.29, 0.717) is 0 Å². The Labute approximate surface area is 337 Å². The lowest BCUT2D eigenvalue weighted by atomic mass is 9.95. The summed E-state index contributed by atoms with van der Waals surface area (Å²) < 4.78 is 7.28. The minimum atomic E-state index is 0.852. The van der Waals surface area contributed by atoms with Crippen molar-refractivity contribution < 1.29 is 4.42 Å². The first-order valence-electron chi connectivity index (χ1n) is 19.8. The van der Waals surface area contributed by atoms with Crippen LogP contribution in [0.25, 0.3) is 88.0 Å². The van der Waals surface area contributed by atoms with Gasteiger partial charge in [0, 0.05) is 33.1 Å². The third-order valence-electron chi connectivity index (χ3n) is 11.5. The maximum Gasteiger partial charge on any atom is 0.160 e. The van der Waals surface area contributed by atoms with Crippen molar-refractivity contribution in [1.29, 1.82) is 0 Å². The Bertz CT molecular complexity index is 3220. The number of anilines is 3. The lowest BCUT2D eigenvalue weighted by Crippen LogP contribution is -2.11. The summed E-state index contributed by atoms with van der Waals surface area (Å²) in [4.78, 5) is 2.38. The van der Waals surface area contributed by atoms with Gasteiger partial charge in [-0.15, -0.1) is 0 Å². The second kappa shape index (κ2) is 14.1. The molecule has 2 nitrogen and oxygen atoms in total. The third kappa shape index (κ3) is 5.74. The van der Waals surface area contributed by atoms with Crippen molar-refractivity contribution in [2.45, 2.75) is 0 Å². The summed E-state index contributed by atoms with van der Waals surface area (Å²) in [7, 11) is 0. The normalized spacial score (nSPS) is 11.4. The monoisotopic (exact) mass is 739 g/mol. The molecule has 0 aliphatic rings. The van der Waals surface area contributed by atoms with E-state index in [1.807, 2.05) is 0 Å². The Hall–Kier alpha value is -7.68. The van der Waals surface area contributed by atoms with E-state index in [1.165, 1.54) is 44.0 Å². The van der Waals surface area contributed by atoms with Crippen LogP contribution in [0.2, 0.25) is 0 Å². The molecule has 10 aromatic carbocycles. The first-order valence-corrected chi connectivity index (χ1v) is 19.8. The van der Waals surface area contributed by atoms with Crippen LogP contribution in [0.3, 0.4) is 0 Å². The summed E-state index contributed by atoms with van der Waals surface area (Å²) in [6.45, 7) is 0. The van der Waals surface area contributed by atoms with Gasteiger partial charge in [-0.2, -0.15) is 0 Å². The van der Waals surface area contributed by atoms with Gasteiger partial charge < -0.3 is 9.32 Å². The molecule has 0 amide bonds. The smallest absolute Gasteiger partial charge is 0.160 e. The van der Waals surface area contributed by atoms with Gasteiger partial charge in [0.15, 0.2) is 5.58 Å². The summed E-state index contributed by atoms with van der Waals surface area (Å²) in [5.41, 5.74) is 14.2. The lowest BCUT2D eigenvalue weighted by molar-refractivity contribution is 0.673. The van der Waals surface area contributed by atoms with Gasteiger partial charge in [0.25, 0.3) is 0 Å². The van der Waals surface area contributed by atoms with E-state index in [-0.39, 0.29) is 0 Å². The summed E-state index contributed by atoms with van der Waals surface area (Å²) >= 11 is 0. The molecule has 58 heavy (non-hydrogen) atoms. The van der Waals surface area contributed by atoms with Gasteiger partial charge in [-0.1, -0.05) is 194 Å². The molecule has 0 aliphatic heterocycles. The average molecular weight is 740 g/mol. The number of nitrogens with zero attached hydrogens (tertiary/aromatic N) is 1. The summed E-state index contributed by atoms with van der Waals surface area (Å²) in [6.07, 6.45) is 0. The van der Waals surface area contributed by atoms with Crippen LogP contribution in [0, 0.1) is 0 Å². The largest absolute Gasteiger partial charge is 0.453 e. The minimum Gasteiger partial charge on any atom is -0.453 e. The summed E-state index contributed by atoms with van der Waals surface area (Å²) in [5, 5.41) is 6.94. The second-order valence-corrected chi connectivity index (χ2v) is 14.8. The van der Waals surface area contributed by atoms with Gasteiger partial charge in [0.1, 0.15) is 5.58 Å². The molecule has 2 heteroatoms. The van der Waals surface area contributed by atoms with Crippen LogP contribution in [-0.4, -0.2) is 0 Å². The van der Waals surface area contributed by atoms with E-state index in [0.717, 1.165) is 61.1 Å². The Morgan fingerprint density at radius 3 is 1.14 bits per heavy atom. The molecule has 1 aromatic heterocycles. The summed E-state index contributed by atoms with van der Waals surface area (Å²) in [5.74, 6) is 0. The Morgan fingerprint density at radius 1 is 0.259 bits per heavy atom. The second-order valence-electron chi connectivity index (χ2n) is 14.8. The molecule has 0 N–H and O–H groups in total. The molecule has 0 saturated heterocycles. The van der Waals surface area contributed by atoms with Crippen molar-refractivity contribution in [2.75, 3.05) is 4.90 Å². The molecule has 0 atom stereocenters. The standard InChI is InChI=1S/C56H37NO/c1-4-14-38(15-5-1)40-24-26-41(27-25-40)43-30-34-46(35-31-43)57(45-32-28-42(29-33-45)39-16-6-2-7-17-39)54-47(44-18-8-3-9-19-44)36-37-52-53-50-22-12-10-20-48(50)49-21-11-13-23-51(49)55(53)58-56(52)54/h1-37H. The van der Waals surface area contributed by atoms with E-state index in [4.69, 9.17) is 4.42 Å². The van der Waals surface area contributed by atoms with Crippen LogP contribution < -0.4 is 4.90 Å². The van der Waals surface area contributed by atoms with Crippen molar-refractivity contribution >= 4 is 60.5 Å². The molecule has 0 bridgehead atoms. The van der Waals surface area contributed by atoms with Crippen molar-refractivity contribution in [3.05, 3.63) is 224 Å². The number of benzene rings is 10. The Morgan fingerprint density at radius 2 is 0.638 bits per heavy atom. The number of rotatable bonds is 7. The molecule has 11 rings (SSSR count). The highest BCUT2D eigenvalue weighted by molar-refractivity contribution is 6.31. The van der Waals surface area contributed by atoms with Crippen molar-refractivity contribution in [2.24, 2.45) is 0 Å². The zero-order chi connectivity index (χ0) is 38.4. The topological polar surface area (TPSA) is 16.4 Å². The number of hydrogen-bond acceptors (Lipinski definition) is 2. The van der Waals surface area contributed by atoms with Gasteiger partial charge in [-0.3, -0.25) is 0 Å². The van der Waals surface area contributed by atoms with Crippen molar-refractivity contribution in [3.63, 3.8) is 0 Å². The molecule has 0 fully saturated rings. The fraction of sp³-hybridized carbons (Fsp3) is 0. The highest BCUT2D eigenvalue weighted by atomic mass is 16.3. The van der Waals surface area contributed by atoms with E-state index < -0.39 is 0 Å². The van der Waals surface area contributed by atoms with E-state index in [1.54, 1.807) is 0 Å². The van der Waals surface area contributed by atoms with Crippen LogP contribution in [0.15, 0.2) is 229 Å². The first kappa shape index (κ1) is 33.6. The average Bonchev–Trinajstić information content (AvgIpc) is 3.71. The van der Waals surface area contributed by atoms with Crippen molar-refractivity contribution in [3.8, 4) is 44.5 Å². The SMILES string of the molecule is c1ccc(-c2ccc(-c3ccc(N(c4ccc(-c5ccccc5)cc4)c4c(-c5ccccc5)ccc5c4oc4c6ccccc6c6ccccc6c54)cc3)cc2)cc1. The zero-order valence-electron chi connectivity index (χ0n) is 31.7. The number of furan rings is 1. The van der Waals surface area contributed by atoms with E-state index in [2.05, 4.69) is 229 Å². The highest BCUT2D eigenvalue weighted by Crippen LogP contribution is 2.50. The quantitative estimate of drug-likeness (QED) is 0.151. The third-order valence-corrected chi connectivity index (χ3v) is 11.5. The maximum absolute atomic E-state index is 7.28. The molecule has 1 heterocycles. The van der Waals surface area contributed by atoms with Crippen LogP contribution in [0.5, 0.6) is 0 Å². The molecule has 272 valence electrons. The van der Waals surface area contributed by atoms with Gasteiger partial charge >= 0.3 is 0 Å². The molecule has 0 radical (unpaired) electrons. The molecule has 0 unspecified atom stereocenters. The fourth-order valence-electron chi connectivity index (χ4n) is 8.66. The molecular weight excluding hydrogens is 703 g/mol. The zero-order valence-corrected chi connectivity index (χ0v) is 31.7. The minimum absolute atomic E-state index is 0.852. The number of hydrogen-bond donors (Lipinski definition) is 0. The first-order chi connectivity index (χ1) is 28.8. The van der Waals surface area contributed by atoms with Gasteiger partial charge in [-0.25, -0.2) is 0 Å². The highest BCUT2D eigenvalue weighted by Gasteiger charge is 2.26. The Kier molecular flexibility index (Phi) is 8.19. The van der Waals surface area contributed by atoms with E-state index >= 15 is 0 Å². The van der Waals surface area contributed by atoms with E-state index in [9.17, 15) is 0 Å². The molecular formula is C56H37NO. The molecule has 0 spiro atoms. The fourth-order valence-corrected chi connectivity index (χ4v) is 8.66. The van der Waals surface area contributed by atoms with Gasteiger partial charge in [0.05, 0.1) is 5.69 Å². The predicted octanol–water partition coefficient (Wildman–Crippen LogP) is 16.0. The molecule has 11 aromatic rings. The Balaban J connectivity index is 1.15. The van der Waals surface area contributed by atoms with Crippen LogP contribution in [0.4, 0.5) is 17.1 Å². The lowest BCUT2D eigenvalue weighted by Gasteiger charge is -2.28. The van der Waals surface area contributed by atoms with Crippen molar-refractivity contribution in [1.82, 2.24) is 0 Å². The van der Waals surface area contributed by atoms with Crippen LogP contribution >= 0.6 is 0 Å². The van der Waals surface area contributed by atoms with Crippen LogP contribution in [0.1, 0.15) is 0 Å². The maximum atomic E-state index is 7.28. The van der Waals surface area contributed by atoms with Crippen LogP contribution in [-0.2, 0) is 0 Å². The molecule has 0 aliphatic carbocycles. The molecule has 0 saturated carbocycles.